The topological polar surface area (TPSA) is 18.5 Å². The zero-order valence-corrected chi connectivity index (χ0v) is 48.0. The molecule has 0 saturated heterocycles. The van der Waals surface area contributed by atoms with Crippen LogP contribution in [0, 0.1) is 0 Å². The van der Waals surface area contributed by atoms with Gasteiger partial charge in [0, 0.05) is 11.1 Å². The highest BCUT2D eigenvalue weighted by Crippen LogP contribution is 2.33. The molecule has 410 valence electrons. The van der Waals surface area contributed by atoms with Gasteiger partial charge in [-0.15, -0.1) is 0 Å². The number of hydrogen-bond donors (Lipinski definition) is 0. The SMILES string of the molecule is CCCCCCCCCCCCCCCCCCOc1cc(/C=C/c2ccc(/C=C/c3ccccc3)cc2)c(OCCCCCCCCCCCCCCCCCC)cc1/C=C/c1ccc(/C=C/c2ccccc2)cc1. The van der Waals surface area contributed by atoms with Crippen molar-refractivity contribution in [2.75, 3.05) is 13.2 Å². The summed E-state index contributed by atoms with van der Waals surface area (Å²) in [4.78, 5) is 0. The fourth-order valence-electron chi connectivity index (χ4n) is 10.1. The minimum Gasteiger partial charge on any atom is -0.493 e. The van der Waals surface area contributed by atoms with E-state index in [0.717, 1.165) is 46.6 Å². The molecular formula is C74H102O2. The second kappa shape index (κ2) is 41.8. The molecular weight excluding hydrogens is 921 g/mol. The number of benzene rings is 5. The molecule has 0 N–H and O–H groups in total. The molecule has 0 heterocycles. The Kier molecular flexibility index (Phi) is 33.8. The van der Waals surface area contributed by atoms with Crippen LogP contribution in [-0.4, -0.2) is 13.2 Å². The van der Waals surface area contributed by atoms with Crippen molar-refractivity contribution >= 4 is 48.6 Å². The van der Waals surface area contributed by atoms with Crippen LogP contribution < -0.4 is 9.47 Å². The van der Waals surface area contributed by atoms with Crippen LogP contribution in [0.4, 0.5) is 0 Å². The van der Waals surface area contributed by atoms with Crippen molar-refractivity contribution in [3.8, 4) is 11.5 Å². The zero-order chi connectivity index (χ0) is 53.0. The zero-order valence-electron chi connectivity index (χ0n) is 48.0. The van der Waals surface area contributed by atoms with Gasteiger partial charge in [-0.3, -0.25) is 0 Å². The minimum absolute atomic E-state index is 0.711. The van der Waals surface area contributed by atoms with Crippen LogP contribution in [0.25, 0.3) is 48.6 Å². The second-order valence-electron chi connectivity index (χ2n) is 21.7. The lowest BCUT2D eigenvalue weighted by Crippen LogP contribution is -2.03. The molecule has 0 aromatic heterocycles. The van der Waals surface area contributed by atoms with E-state index in [1.807, 2.05) is 0 Å². The highest BCUT2D eigenvalue weighted by atomic mass is 16.5. The van der Waals surface area contributed by atoms with Gasteiger partial charge in [-0.2, -0.15) is 0 Å². The summed E-state index contributed by atoms with van der Waals surface area (Å²) < 4.78 is 13.5. The summed E-state index contributed by atoms with van der Waals surface area (Å²) in [7, 11) is 0. The predicted octanol–water partition coefficient (Wildman–Crippen LogP) is 23.6. The van der Waals surface area contributed by atoms with Crippen LogP contribution in [0.15, 0.2) is 121 Å². The lowest BCUT2D eigenvalue weighted by atomic mass is 10.0. The molecule has 0 amide bonds. The molecule has 5 aromatic carbocycles. The molecule has 0 bridgehead atoms. The Morgan fingerprint density at radius 3 is 0.697 bits per heavy atom. The summed E-state index contributed by atoms with van der Waals surface area (Å²) in [6, 6.07) is 43.0. The van der Waals surface area contributed by atoms with E-state index in [-0.39, 0.29) is 0 Å². The van der Waals surface area contributed by atoms with Gasteiger partial charge in [0.25, 0.3) is 0 Å². The van der Waals surface area contributed by atoms with Gasteiger partial charge in [0.1, 0.15) is 11.5 Å². The molecule has 5 aromatic rings. The second-order valence-corrected chi connectivity index (χ2v) is 21.7. The molecule has 76 heavy (non-hydrogen) atoms. The maximum atomic E-state index is 6.75. The molecule has 0 saturated carbocycles. The Bertz CT molecular complexity index is 2120. The van der Waals surface area contributed by atoms with Gasteiger partial charge < -0.3 is 9.47 Å². The average Bonchev–Trinajstić information content (AvgIpc) is 3.46. The van der Waals surface area contributed by atoms with Crippen molar-refractivity contribution in [1.29, 1.82) is 0 Å². The molecule has 0 aliphatic rings. The molecule has 0 spiro atoms. The summed E-state index contributed by atoms with van der Waals surface area (Å²) in [6.07, 6.45) is 61.1. The molecule has 0 aliphatic carbocycles. The van der Waals surface area contributed by atoms with Crippen molar-refractivity contribution in [2.24, 2.45) is 0 Å². The lowest BCUT2D eigenvalue weighted by Gasteiger charge is -2.16. The number of hydrogen-bond acceptors (Lipinski definition) is 2. The van der Waals surface area contributed by atoms with Gasteiger partial charge in [0.05, 0.1) is 13.2 Å². The first-order valence-electron chi connectivity index (χ1n) is 31.2. The summed E-state index contributed by atoms with van der Waals surface area (Å²) in [5, 5.41) is 0. The van der Waals surface area contributed by atoms with Gasteiger partial charge in [-0.05, 0) is 58.4 Å². The van der Waals surface area contributed by atoms with E-state index in [4.69, 9.17) is 9.47 Å². The highest BCUT2D eigenvalue weighted by Gasteiger charge is 2.11. The Morgan fingerprint density at radius 1 is 0.237 bits per heavy atom. The Balaban J connectivity index is 1.19. The number of rotatable bonds is 44. The first kappa shape index (κ1) is 61.5. The first-order chi connectivity index (χ1) is 37.7. The van der Waals surface area contributed by atoms with Crippen LogP contribution in [0.5, 0.6) is 11.5 Å². The summed E-state index contributed by atoms with van der Waals surface area (Å²) in [5.41, 5.74) is 9.19. The fraction of sp³-hybridized carbons (Fsp3) is 0.486. The van der Waals surface area contributed by atoms with E-state index < -0.39 is 0 Å². The maximum absolute atomic E-state index is 6.75. The van der Waals surface area contributed by atoms with Crippen molar-refractivity contribution in [2.45, 2.75) is 219 Å². The molecule has 0 fully saturated rings. The number of ether oxygens (including phenoxy) is 2. The smallest absolute Gasteiger partial charge is 0.127 e. The monoisotopic (exact) mass is 1020 g/mol. The molecule has 0 unspecified atom stereocenters. The largest absolute Gasteiger partial charge is 0.493 e. The molecule has 5 rings (SSSR count). The van der Waals surface area contributed by atoms with Crippen LogP contribution in [-0.2, 0) is 0 Å². The van der Waals surface area contributed by atoms with Crippen molar-refractivity contribution < 1.29 is 9.47 Å². The summed E-state index contributed by atoms with van der Waals surface area (Å²) in [5.74, 6) is 1.82. The van der Waals surface area contributed by atoms with Gasteiger partial charge in [0.2, 0.25) is 0 Å². The highest BCUT2D eigenvalue weighted by molar-refractivity contribution is 5.80. The third-order valence-corrected chi connectivity index (χ3v) is 15.0. The third-order valence-electron chi connectivity index (χ3n) is 15.0. The lowest BCUT2D eigenvalue weighted by molar-refractivity contribution is 0.295. The van der Waals surface area contributed by atoms with Gasteiger partial charge >= 0.3 is 0 Å². The summed E-state index contributed by atoms with van der Waals surface area (Å²) >= 11 is 0. The van der Waals surface area contributed by atoms with Gasteiger partial charge in [-0.25, -0.2) is 0 Å². The van der Waals surface area contributed by atoms with Crippen molar-refractivity contribution in [3.05, 3.63) is 166 Å². The molecule has 2 heteroatoms. The Labute approximate surface area is 465 Å². The van der Waals surface area contributed by atoms with Crippen LogP contribution in [0.2, 0.25) is 0 Å². The van der Waals surface area contributed by atoms with E-state index >= 15 is 0 Å². The van der Waals surface area contributed by atoms with Gasteiger partial charge in [0.15, 0.2) is 0 Å². The quantitative estimate of drug-likeness (QED) is 0.0286. The normalized spacial score (nSPS) is 11.8. The standard InChI is InChI=1S/C74H102O2/c1-3-5-7-9-11-13-15-17-19-21-23-25-27-29-31-39-61-75-73-63-72(60-58-70-55-51-68(52-56-70)48-46-66-43-37-34-38-44-66)74(76-62-40-32-30-28-26-24-22-20-18-16-14-12-10-8-6-4-2)64-71(73)59-57-69-53-49-67(50-54-69)47-45-65-41-35-33-36-42-65/h33-38,41-60,63-64H,3-32,39-40,61-62H2,1-2H3/b47-45+,48-46+,59-57+,60-58+. The van der Waals surface area contributed by atoms with E-state index in [0.29, 0.717) is 13.2 Å². The van der Waals surface area contributed by atoms with Gasteiger partial charge in [-0.1, -0.05) is 364 Å². The van der Waals surface area contributed by atoms with E-state index in [1.54, 1.807) is 0 Å². The van der Waals surface area contributed by atoms with Crippen LogP contribution >= 0.6 is 0 Å². The Morgan fingerprint density at radius 2 is 0.447 bits per heavy atom. The minimum atomic E-state index is 0.711. The van der Waals surface area contributed by atoms with Crippen molar-refractivity contribution in [3.63, 3.8) is 0 Å². The van der Waals surface area contributed by atoms with E-state index in [1.165, 1.54) is 215 Å². The predicted molar refractivity (Wildman–Crippen MR) is 338 cm³/mol. The van der Waals surface area contributed by atoms with Crippen LogP contribution in [0.1, 0.15) is 264 Å². The average molecular weight is 1020 g/mol. The molecule has 2 nitrogen and oxygen atoms in total. The van der Waals surface area contributed by atoms with Crippen molar-refractivity contribution in [1.82, 2.24) is 0 Å². The number of unbranched alkanes of at least 4 members (excludes halogenated alkanes) is 30. The van der Waals surface area contributed by atoms with E-state index in [2.05, 4.69) is 184 Å². The molecule has 0 aliphatic heterocycles. The fourth-order valence-corrected chi connectivity index (χ4v) is 10.1. The van der Waals surface area contributed by atoms with Crippen LogP contribution in [0.3, 0.4) is 0 Å². The first-order valence-corrected chi connectivity index (χ1v) is 31.2. The third kappa shape index (κ3) is 28.7. The summed E-state index contributed by atoms with van der Waals surface area (Å²) in [6.45, 7) is 6.03. The molecule has 0 radical (unpaired) electrons. The maximum Gasteiger partial charge on any atom is 0.127 e. The molecule has 0 atom stereocenters. The van der Waals surface area contributed by atoms with E-state index in [9.17, 15) is 0 Å². The Hall–Kier alpha value is -5.34.